The topological polar surface area (TPSA) is 67.3 Å². The largest absolute Gasteiger partial charge is 0.492 e. The number of amides is 1. The fraction of sp³-hybridized carbons (Fsp3) is 0.292. The number of benzene rings is 1. The van der Waals surface area contributed by atoms with Gasteiger partial charge in [0.05, 0.1) is 36.3 Å². The first-order valence-corrected chi connectivity index (χ1v) is 10.4. The number of carbonyl (C=O) groups excluding carboxylic acids is 1. The third kappa shape index (κ3) is 3.71. The molecular weight excluding hydrogens is 395 g/mol. The van der Waals surface area contributed by atoms with Crippen molar-refractivity contribution in [2.75, 3.05) is 19.5 Å². The van der Waals surface area contributed by atoms with Crippen molar-refractivity contribution < 1.29 is 13.9 Å². The fourth-order valence-electron chi connectivity index (χ4n) is 4.03. The molecule has 1 N–H and O–H groups in total. The highest BCUT2D eigenvalue weighted by atomic mass is 19.1. The Morgan fingerprint density at radius 1 is 1.19 bits per heavy atom. The molecule has 0 radical (unpaired) electrons. The van der Waals surface area contributed by atoms with Crippen LogP contribution in [0.3, 0.4) is 0 Å². The Morgan fingerprint density at radius 3 is 2.74 bits per heavy atom. The van der Waals surface area contributed by atoms with E-state index in [1.807, 2.05) is 18.3 Å². The van der Waals surface area contributed by atoms with Crippen molar-refractivity contribution in [2.24, 2.45) is 0 Å². The van der Waals surface area contributed by atoms with Gasteiger partial charge < -0.3 is 15.0 Å². The molecular formula is C24H23FN4O2. The zero-order valence-electron chi connectivity index (χ0n) is 17.5. The summed E-state index contributed by atoms with van der Waals surface area (Å²) in [6.45, 7) is 0.436. The number of anilines is 2. The number of nitrogens with one attached hydrogen (secondary N) is 1. The lowest BCUT2D eigenvalue weighted by Gasteiger charge is -2.15. The van der Waals surface area contributed by atoms with Gasteiger partial charge in [0.15, 0.2) is 11.6 Å². The summed E-state index contributed by atoms with van der Waals surface area (Å²) < 4.78 is 19.4. The van der Waals surface area contributed by atoms with E-state index in [9.17, 15) is 9.18 Å². The summed E-state index contributed by atoms with van der Waals surface area (Å²) >= 11 is 0. The molecule has 7 heteroatoms. The molecule has 0 atom stereocenters. The van der Waals surface area contributed by atoms with Gasteiger partial charge in [0.1, 0.15) is 0 Å². The first kappa shape index (κ1) is 19.5. The molecule has 0 bridgehead atoms. The van der Waals surface area contributed by atoms with Crippen molar-refractivity contribution in [2.45, 2.75) is 31.7 Å². The van der Waals surface area contributed by atoms with Gasteiger partial charge in [-0.1, -0.05) is 12.1 Å². The predicted molar refractivity (Wildman–Crippen MR) is 115 cm³/mol. The van der Waals surface area contributed by atoms with E-state index in [4.69, 9.17) is 9.72 Å². The zero-order chi connectivity index (χ0) is 21.5. The highest BCUT2D eigenvalue weighted by molar-refractivity contribution is 6.03. The fourth-order valence-corrected chi connectivity index (χ4v) is 4.03. The van der Waals surface area contributed by atoms with E-state index in [1.165, 1.54) is 31.6 Å². The van der Waals surface area contributed by atoms with Gasteiger partial charge in [-0.15, -0.1) is 0 Å². The monoisotopic (exact) mass is 418 g/mol. The zero-order valence-corrected chi connectivity index (χ0v) is 17.5. The third-order valence-corrected chi connectivity index (χ3v) is 5.79. The lowest BCUT2D eigenvalue weighted by atomic mass is 10.1. The van der Waals surface area contributed by atoms with Crippen molar-refractivity contribution >= 4 is 17.3 Å². The molecule has 1 amide bonds. The maximum Gasteiger partial charge on any atom is 0.257 e. The molecule has 3 heterocycles. The van der Waals surface area contributed by atoms with Gasteiger partial charge in [-0.25, -0.2) is 4.39 Å². The Kier molecular flexibility index (Phi) is 4.81. The predicted octanol–water partition coefficient (Wildman–Crippen LogP) is 4.42. The number of para-hydroxylation sites is 1. The van der Waals surface area contributed by atoms with E-state index in [2.05, 4.69) is 16.4 Å². The average Bonchev–Trinajstić information content (AvgIpc) is 3.55. The lowest BCUT2D eigenvalue weighted by molar-refractivity contribution is 0.0817. The number of carbonyl (C=O) groups is 1. The van der Waals surface area contributed by atoms with Gasteiger partial charge in [-0.05, 0) is 48.6 Å². The van der Waals surface area contributed by atoms with Crippen LogP contribution in [0.1, 0.15) is 51.8 Å². The summed E-state index contributed by atoms with van der Waals surface area (Å²) in [4.78, 5) is 23.7. The number of nitrogens with zero attached hydrogens (tertiary/aromatic N) is 3. The van der Waals surface area contributed by atoms with Crippen LogP contribution < -0.4 is 10.1 Å². The molecule has 2 aromatic heterocycles. The minimum Gasteiger partial charge on any atom is -0.492 e. The van der Waals surface area contributed by atoms with Crippen molar-refractivity contribution in [3.8, 4) is 5.75 Å². The Hall–Kier alpha value is -3.48. The van der Waals surface area contributed by atoms with E-state index in [-0.39, 0.29) is 11.7 Å². The van der Waals surface area contributed by atoms with E-state index >= 15 is 0 Å². The number of hydrogen-bond acceptors (Lipinski definition) is 5. The lowest BCUT2D eigenvalue weighted by Crippen LogP contribution is -2.18. The quantitative estimate of drug-likeness (QED) is 0.642. The third-order valence-electron chi connectivity index (χ3n) is 5.79. The Balaban J connectivity index is 1.50. The van der Waals surface area contributed by atoms with Crippen LogP contribution in [0.2, 0.25) is 0 Å². The molecule has 3 aromatic rings. The number of fused-ring (bicyclic) bond motifs is 1. The summed E-state index contributed by atoms with van der Waals surface area (Å²) in [6.07, 6.45) is 4.99. The molecule has 2 aliphatic rings. The number of halogens is 1. The van der Waals surface area contributed by atoms with Crippen molar-refractivity contribution in [1.82, 2.24) is 14.9 Å². The highest BCUT2D eigenvalue weighted by Gasteiger charge is 2.30. The van der Waals surface area contributed by atoms with E-state index in [1.54, 1.807) is 24.1 Å². The molecule has 1 aromatic carbocycles. The van der Waals surface area contributed by atoms with Crippen molar-refractivity contribution in [3.63, 3.8) is 0 Å². The van der Waals surface area contributed by atoms with Crippen LogP contribution in [0.25, 0.3) is 0 Å². The molecule has 1 saturated carbocycles. The number of rotatable bonds is 6. The van der Waals surface area contributed by atoms with E-state index < -0.39 is 5.82 Å². The smallest absolute Gasteiger partial charge is 0.257 e. The Morgan fingerprint density at radius 2 is 2.03 bits per heavy atom. The number of aromatic nitrogens is 2. The summed E-state index contributed by atoms with van der Waals surface area (Å²) in [7, 11) is 3.16. The van der Waals surface area contributed by atoms with Crippen LogP contribution in [0.5, 0.6) is 5.75 Å². The molecule has 0 spiro atoms. The molecule has 0 unspecified atom stereocenters. The second-order valence-electron chi connectivity index (χ2n) is 8.12. The number of methoxy groups -OCH3 is 1. The van der Waals surface area contributed by atoms with Gasteiger partial charge in [-0.3, -0.25) is 14.8 Å². The van der Waals surface area contributed by atoms with E-state index in [0.717, 1.165) is 11.4 Å². The van der Waals surface area contributed by atoms with Crippen molar-refractivity contribution in [1.29, 1.82) is 0 Å². The Bertz CT molecular complexity index is 1160. The normalized spacial score (nSPS) is 15.2. The average molecular weight is 418 g/mol. The van der Waals surface area contributed by atoms with E-state index in [0.29, 0.717) is 41.5 Å². The summed E-state index contributed by atoms with van der Waals surface area (Å²) in [5.41, 5.74) is 5.27. The number of ether oxygens (including phenoxy) is 1. The number of pyridine rings is 2. The Labute approximate surface area is 180 Å². The minimum absolute atomic E-state index is 0.103. The summed E-state index contributed by atoms with van der Waals surface area (Å²) in [5, 5.41) is 3.20. The molecule has 5 rings (SSSR count). The maximum absolute atomic E-state index is 14.2. The number of hydrogen-bond donors (Lipinski definition) is 1. The van der Waals surface area contributed by atoms with Gasteiger partial charge in [-0.2, -0.15) is 0 Å². The molecule has 158 valence electrons. The maximum atomic E-state index is 14.2. The van der Waals surface area contributed by atoms with Gasteiger partial charge >= 0.3 is 0 Å². The molecule has 1 aliphatic carbocycles. The molecule has 6 nitrogen and oxygen atoms in total. The summed E-state index contributed by atoms with van der Waals surface area (Å²) in [5.74, 6) is 0.185. The van der Waals surface area contributed by atoms with Crippen LogP contribution >= 0.6 is 0 Å². The first-order chi connectivity index (χ1) is 15.0. The van der Waals surface area contributed by atoms with Crippen LogP contribution in [0.4, 0.5) is 15.8 Å². The highest BCUT2D eigenvalue weighted by Crippen LogP contribution is 2.39. The van der Waals surface area contributed by atoms with Gasteiger partial charge in [0.2, 0.25) is 0 Å². The van der Waals surface area contributed by atoms with Crippen LogP contribution in [0, 0.1) is 5.82 Å². The first-order valence-electron chi connectivity index (χ1n) is 10.4. The van der Waals surface area contributed by atoms with Crippen LogP contribution in [0.15, 0.2) is 42.6 Å². The second kappa shape index (κ2) is 7.65. The van der Waals surface area contributed by atoms with Crippen LogP contribution in [-0.4, -0.2) is 34.9 Å². The minimum atomic E-state index is -0.471. The summed E-state index contributed by atoms with van der Waals surface area (Å²) in [6, 6.07) is 10.7. The SMILES string of the molecule is COc1c(F)cccc1Nc1cc(Cc2ccc(C3CC3)cn2)nc2c1C(=O)N(C)C2. The second-order valence-corrected chi connectivity index (χ2v) is 8.12. The van der Waals surface area contributed by atoms with Gasteiger partial charge in [0, 0.05) is 31.1 Å². The van der Waals surface area contributed by atoms with Crippen LogP contribution in [-0.2, 0) is 13.0 Å². The molecule has 31 heavy (non-hydrogen) atoms. The molecule has 0 saturated heterocycles. The van der Waals surface area contributed by atoms with Gasteiger partial charge in [0.25, 0.3) is 5.91 Å². The molecule has 1 aliphatic heterocycles. The van der Waals surface area contributed by atoms with Crippen molar-refractivity contribution in [3.05, 3.63) is 76.6 Å². The standard InChI is InChI=1S/C24H23FN4O2/c1-29-13-21-22(24(29)30)20(28-19-5-3-4-18(25)23(19)31-2)11-17(27-21)10-16-9-8-15(12-26-16)14-6-7-14/h3-5,8-9,11-12,14H,6-7,10,13H2,1-2H3,(H,27,28). The molecule has 1 fully saturated rings.